The number of rotatable bonds is 5. The van der Waals surface area contributed by atoms with Crippen LogP contribution in [0.3, 0.4) is 0 Å². The summed E-state index contributed by atoms with van der Waals surface area (Å²) in [5, 5.41) is 3.31. The summed E-state index contributed by atoms with van der Waals surface area (Å²) in [6.07, 6.45) is 0.0930. The molecule has 0 fully saturated rings. The number of methoxy groups -OCH3 is 1. The minimum absolute atomic E-state index is 0.0930. The van der Waals surface area contributed by atoms with Crippen molar-refractivity contribution in [3.63, 3.8) is 0 Å². The molecule has 0 spiro atoms. The molecule has 0 aliphatic carbocycles. The van der Waals surface area contributed by atoms with E-state index in [9.17, 15) is 4.79 Å². The fourth-order valence-corrected chi connectivity index (χ4v) is 2.10. The van der Waals surface area contributed by atoms with Gasteiger partial charge in [0.15, 0.2) is 0 Å². The number of hydrogen-bond acceptors (Lipinski definition) is 3. The average Bonchev–Trinajstić information content (AvgIpc) is 2.47. The Bertz CT molecular complexity index is 653. The molecule has 2 aromatic rings. The molecule has 22 heavy (non-hydrogen) atoms. The molecule has 0 aliphatic heterocycles. The van der Waals surface area contributed by atoms with Crippen molar-refractivity contribution in [3.8, 4) is 11.5 Å². The van der Waals surface area contributed by atoms with Gasteiger partial charge in [-0.25, -0.2) is 0 Å². The first-order valence-electron chi connectivity index (χ1n) is 6.91. The monoisotopic (exact) mass is 319 g/mol. The molecule has 0 radical (unpaired) electrons. The van der Waals surface area contributed by atoms with Gasteiger partial charge in [-0.15, -0.1) is 0 Å². The first-order valence-corrected chi connectivity index (χ1v) is 7.29. The molecule has 0 atom stereocenters. The standard InChI is InChI=1S/C17H18ClNO3/c1-11(2)22-14-7-4-12(5-8-14)17(20)19-15-10-13(18)6-9-16(15)21-3/h4-11H,1-3H3,(H,19,20). The van der Waals surface area contributed by atoms with Gasteiger partial charge in [-0.3, -0.25) is 4.79 Å². The quantitative estimate of drug-likeness (QED) is 0.889. The highest BCUT2D eigenvalue weighted by Gasteiger charge is 2.10. The molecule has 0 unspecified atom stereocenters. The molecule has 0 aliphatic rings. The van der Waals surface area contributed by atoms with Gasteiger partial charge in [-0.2, -0.15) is 0 Å². The van der Waals surface area contributed by atoms with Crippen LogP contribution < -0.4 is 14.8 Å². The second-order valence-electron chi connectivity index (χ2n) is 4.99. The lowest BCUT2D eigenvalue weighted by molar-refractivity contribution is 0.102. The molecule has 2 aromatic carbocycles. The zero-order valence-electron chi connectivity index (χ0n) is 12.7. The van der Waals surface area contributed by atoms with Crippen molar-refractivity contribution >= 4 is 23.2 Å². The molecule has 1 N–H and O–H groups in total. The van der Waals surface area contributed by atoms with E-state index in [0.29, 0.717) is 22.0 Å². The van der Waals surface area contributed by atoms with Crippen molar-refractivity contribution < 1.29 is 14.3 Å². The predicted octanol–water partition coefficient (Wildman–Crippen LogP) is 4.39. The third-order valence-corrected chi connectivity index (χ3v) is 3.13. The van der Waals surface area contributed by atoms with Crippen LogP contribution in [0.15, 0.2) is 42.5 Å². The van der Waals surface area contributed by atoms with Crippen LogP contribution >= 0.6 is 11.6 Å². The Labute approximate surface area is 135 Å². The van der Waals surface area contributed by atoms with Crippen LogP contribution in [0.25, 0.3) is 0 Å². The van der Waals surface area contributed by atoms with Gasteiger partial charge in [0.2, 0.25) is 0 Å². The van der Waals surface area contributed by atoms with Crippen LogP contribution in [0.1, 0.15) is 24.2 Å². The second kappa shape index (κ2) is 7.18. The van der Waals surface area contributed by atoms with E-state index < -0.39 is 0 Å². The highest BCUT2D eigenvalue weighted by molar-refractivity contribution is 6.31. The molecule has 5 heteroatoms. The van der Waals surface area contributed by atoms with Crippen molar-refractivity contribution in [1.82, 2.24) is 0 Å². The maximum absolute atomic E-state index is 12.3. The lowest BCUT2D eigenvalue weighted by Gasteiger charge is -2.12. The fraction of sp³-hybridized carbons (Fsp3) is 0.235. The maximum Gasteiger partial charge on any atom is 0.255 e. The first kappa shape index (κ1) is 16.2. The SMILES string of the molecule is COc1ccc(Cl)cc1NC(=O)c1ccc(OC(C)C)cc1. The lowest BCUT2D eigenvalue weighted by Crippen LogP contribution is -2.13. The van der Waals surface area contributed by atoms with Gasteiger partial charge in [0.25, 0.3) is 5.91 Å². The third kappa shape index (κ3) is 4.15. The van der Waals surface area contributed by atoms with E-state index >= 15 is 0 Å². The molecular weight excluding hydrogens is 302 g/mol. The molecule has 0 aromatic heterocycles. The van der Waals surface area contributed by atoms with E-state index in [0.717, 1.165) is 5.75 Å². The summed E-state index contributed by atoms with van der Waals surface area (Å²) in [6, 6.07) is 12.0. The van der Waals surface area contributed by atoms with Gasteiger partial charge in [-0.05, 0) is 56.3 Å². The van der Waals surface area contributed by atoms with Gasteiger partial charge >= 0.3 is 0 Å². The number of halogens is 1. The van der Waals surface area contributed by atoms with Gasteiger partial charge in [0.1, 0.15) is 11.5 Å². The predicted molar refractivity (Wildman–Crippen MR) is 88.2 cm³/mol. The third-order valence-electron chi connectivity index (χ3n) is 2.90. The number of anilines is 1. The zero-order chi connectivity index (χ0) is 16.1. The Morgan fingerprint density at radius 2 is 1.82 bits per heavy atom. The molecule has 0 saturated carbocycles. The van der Waals surface area contributed by atoms with Gasteiger partial charge in [0, 0.05) is 10.6 Å². The van der Waals surface area contributed by atoms with Gasteiger partial charge < -0.3 is 14.8 Å². The smallest absolute Gasteiger partial charge is 0.255 e. The normalized spacial score (nSPS) is 10.4. The summed E-state index contributed by atoms with van der Waals surface area (Å²) in [5.74, 6) is 1.04. The van der Waals surface area contributed by atoms with Crippen LogP contribution in [0.4, 0.5) is 5.69 Å². The largest absolute Gasteiger partial charge is 0.495 e. The van der Waals surface area contributed by atoms with Crippen molar-refractivity contribution in [1.29, 1.82) is 0 Å². The first-order chi connectivity index (χ1) is 10.5. The van der Waals surface area contributed by atoms with E-state index in [4.69, 9.17) is 21.1 Å². The molecule has 0 heterocycles. The van der Waals surface area contributed by atoms with Crippen LogP contribution in [0.2, 0.25) is 5.02 Å². The Morgan fingerprint density at radius 3 is 2.41 bits per heavy atom. The van der Waals surface area contributed by atoms with Crippen LogP contribution in [-0.2, 0) is 0 Å². The van der Waals surface area contributed by atoms with Crippen molar-refractivity contribution in [3.05, 3.63) is 53.1 Å². The molecule has 0 bridgehead atoms. The fourth-order valence-electron chi connectivity index (χ4n) is 1.93. The summed E-state index contributed by atoms with van der Waals surface area (Å²) in [7, 11) is 1.54. The Balaban J connectivity index is 2.14. The molecule has 4 nitrogen and oxygen atoms in total. The van der Waals surface area contributed by atoms with Gasteiger partial charge in [0.05, 0.1) is 18.9 Å². The number of amides is 1. The highest BCUT2D eigenvalue weighted by atomic mass is 35.5. The number of carbonyl (C=O) groups excluding carboxylic acids is 1. The molecule has 2 rings (SSSR count). The van der Waals surface area contributed by atoms with E-state index in [1.807, 2.05) is 13.8 Å². The average molecular weight is 320 g/mol. The molecule has 116 valence electrons. The number of ether oxygens (including phenoxy) is 2. The van der Waals surface area contributed by atoms with E-state index in [-0.39, 0.29) is 12.0 Å². The summed E-state index contributed by atoms with van der Waals surface area (Å²) in [4.78, 5) is 12.3. The van der Waals surface area contributed by atoms with Crippen LogP contribution in [0, 0.1) is 0 Å². The minimum Gasteiger partial charge on any atom is -0.495 e. The lowest BCUT2D eigenvalue weighted by atomic mass is 10.2. The van der Waals surface area contributed by atoms with Crippen molar-refractivity contribution in [2.45, 2.75) is 20.0 Å². The Hall–Kier alpha value is -2.20. The van der Waals surface area contributed by atoms with E-state index in [1.54, 1.807) is 42.5 Å². The number of nitrogens with one attached hydrogen (secondary N) is 1. The molecule has 0 saturated heterocycles. The Kier molecular flexibility index (Phi) is 5.28. The molecule has 1 amide bonds. The van der Waals surface area contributed by atoms with E-state index in [2.05, 4.69) is 5.32 Å². The summed E-state index contributed by atoms with van der Waals surface area (Å²) in [6.45, 7) is 3.90. The van der Waals surface area contributed by atoms with Crippen molar-refractivity contribution in [2.75, 3.05) is 12.4 Å². The van der Waals surface area contributed by atoms with Crippen LogP contribution in [-0.4, -0.2) is 19.1 Å². The Morgan fingerprint density at radius 1 is 1.14 bits per heavy atom. The van der Waals surface area contributed by atoms with Crippen LogP contribution in [0.5, 0.6) is 11.5 Å². The molecular formula is C17H18ClNO3. The maximum atomic E-state index is 12.3. The number of benzene rings is 2. The zero-order valence-corrected chi connectivity index (χ0v) is 13.5. The van der Waals surface area contributed by atoms with Gasteiger partial charge in [-0.1, -0.05) is 11.6 Å². The van der Waals surface area contributed by atoms with E-state index in [1.165, 1.54) is 7.11 Å². The topological polar surface area (TPSA) is 47.6 Å². The summed E-state index contributed by atoms with van der Waals surface area (Å²) in [5.41, 5.74) is 1.06. The second-order valence-corrected chi connectivity index (χ2v) is 5.43. The minimum atomic E-state index is -0.239. The van der Waals surface area contributed by atoms with Crippen molar-refractivity contribution in [2.24, 2.45) is 0 Å². The summed E-state index contributed by atoms with van der Waals surface area (Å²) >= 11 is 5.95. The summed E-state index contributed by atoms with van der Waals surface area (Å²) < 4.78 is 10.8. The highest BCUT2D eigenvalue weighted by Crippen LogP contribution is 2.28. The number of hydrogen-bond donors (Lipinski definition) is 1. The number of carbonyl (C=O) groups is 1.